The highest BCUT2D eigenvalue weighted by Crippen LogP contribution is 2.20. The topological polar surface area (TPSA) is 770 Å². The van der Waals surface area contributed by atoms with Gasteiger partial charge in [0.15, 0.2) is 5.78 Å². The van der Waals surface area contributed by atoms with Gasteiger partial charge in [-0.2, -0.15) is 25.3 Å². The minimum atomic E-state index is -1.80. The number of hydrogen-bond acceptors (Lipinski definition) is 32. The van der Waals surface area contributed by atoms with Gasteiger partial charge in [-0.05, 0) is 57.8 Å². The first-order valence-electron chi connectivity index (χ1n) is 45.4. The van der Waals surface area contributed by atoms with E-state index in [0.29, 0.717) is 12.8 Å². The zero-order valence-corrected chi connectivity index (χ0v) is 79.0. The molecule has 0 aromatic rings. The second-order valence-electron chi connectivity index (χ2n) is 31.4. The molecule has 21 N–H and O–H groups in total. The average Bonchev–Trinajstić information content (AvgIpc) is 0.877. The van der Waals surface area contributed by atoms with E-state index in [1.807, 2.05) is 0 Å². The molecule has 0 rings (SSSR count). The number of rotatable bonds is 92. The molecule has 0 aliphatic rings. The molecule has 780 valence electrons. The van der Waals surface area contributed by atoms with Crippen LogP contribution in [-0.4, -0.2) is 357 Å². The van der Waals surface area contributed by atoms with Gasteiger partial charge < -0.3 is 143 Å². The van der Waals surface area contributed by atoms with Crippen LogP contribution in [0.3, 0.4) is 0 Å². The van der Waals surface area contributed by atoms with E-state index in [1.54, 1.807) is 0 Å². The molecule has 0 aromatic heterocycles. The molecule has 0 unspecified atom stereocenters. The molecule has 0 aliphatic heterocycles. The molecule has 0 radical (unpaired) electrons. The number of hydrogen-bond donors (Lipinski definition) is 22. The first-order valence-corrected chi connectivity index (χ1v) is 46.7. The maximum atomic E-state index is 13.1. The molecule has 0 aliphatic carbocycles. The summed E-state index contributed by atoms with van der Waals surface area (Å²) in [7, 11) is 0. The Labute approximate surface area is 803 Å². The van der Waals surface area contributed by atoms with Crippen molar-refractivity contribution in [1.29, 1.82) is 0 Å². The van der Waals surface area contributed by atoms with E-state index < -0.39 is 268 Å². The van der Waals surface area contributed by atoms with Gasteiger partial charge in [0.2, 0.25) is 70.9 Å². The number of carbonyl (C=O) groups is 22. The predicted molar refractivity (Wildman–Crippen MR) is 485 cm³/mol. The summed E-state index contributed by atoms with van der Waals surface area (Å²) in [5.74, 6) is -23.7. The number of amides is 12. The van der Waals surface area contributed by atoms with E-state index in [2.05, 4.69) is 83.7 Å². The van der Waals surface area contributed by atoms with Crippen LogP contribution < -0.4 is 64.2 Å². The third-order valence-electron chi connectivity index (χ3n) is 20.0. The molecular weight excluding hydrogens is 1860 g/mol. The Kier molecular flexibility index (Phi) is 73.7. The van der Waals surface area contributed by atoms with Gasteiger partial charge in [-0.1, -0.05) is 77.0 Å². The van der Waals surface area contributed by atoms with E-state index in [-0.39, 0.29) is 175 Å². The van der Waals surface area contributed by atoms with Gasteiger partial charge in [0.25, 0.3) is 0 Å². The van der Waals surface area contributed by atoms with Gasteiger partial charge in [-0.15, -0.1) is 0 Å². The van der Waals surface area contributed by atoms with Gasteiger partial charge in [0, 0.05) is 114 Å². The Balaban J connectivity index is 4.38. The lowest BCUT2D eigenvalue weighted by atomic mass is 9.90. The number of carboxylic acids is 8. The Morgan fingerprint density at radius 2 is 0.453 bits per heavy atom. The normalized spacial score (nSPS) is 13.0. The quantitative estimate of drug-likeness (QED) is 0.0228. The van der Waals surface area contributed by atoms with Gasteiger partial charge >= 0.3 is 47.8 Å². The number of unbranched alkanes of at least 4 members (excludes halogenated alkanes) is 13. The first-order chi connectivity index (χ1) is 65.3. The number of nitrogens with two attached hydrogens (primary N) is 1. The minimum absolute atomic E-state index is 0.00502. The molecule has 9 atom stereocenters. The highest BCUT2D eigenvalue weighted by Gasteiger charge is 2.33. The highest BCUT2D eigenvalue weighted by atomic mass is 32.1. The number of Topliss-reactive ketones (excluding diaryl/α,β-unsaturated/α-hetero) is 2. The van der Waals surface area contributed by atoms with Crippen molar-refractivity contribution in [2.75, 3.05) is 143 Å². The van der Waals surface area contributed by atoms with Crippen LogP contribution in [0.25, 0.3) is 0 Å². The summed E-state index contributed by atoms with van der Waals surface area (Å²) in [5, 5.41) is 102. The fourth-order valence-electron chi connectivity index (χ4n) is 12.5. The molecule has 0 saturated carbocycles. The maximum absolute atomic E-state index is 13.1. The number of nitrogens with one attached hydrogen (secondary N) is 11. The smallest absolute Gasteiger partial charge is 0.326 e. The van der Waals surface area contributed by atoms with Crippen molar-refractivity contribution in [3.63, 3.8) is 0 Å². The molecule has 0 heterocycles. The number of carboxylic acid groups (broad SMARTS) is 8. The molecule has 12 amide bonds. The van der Waals surface area contributed by atoms with Crippen LogP contribution in [-0.2, 0) is 143 Å². The number of thiol groups is 2. The van der Waals surface area contributed by atoms with Crippen LogP contribution >= 0.6 is 25.3 Å². The number of aliphatic carboxylic acids is 8. The van der Waals surface area contributed by atoms with E-state index in [9.17, 15) is 141 Å². The highest BCUT2D eigenvalue weighted by molar-refractivity contribution is 7.80. The number of primary amides is 1. The fraction of sp³-hybridized carbons (Fsp3) is 0.741. The molecule has 50 nitrogen and oxygen atoms in total. The van der Waals surface area contributed by atoms with Gasteiger partial charge in [-0.3, -0.25) is 76.7 Å². The van der Waals surface area contributed by atoms with Gasteiger partial charge in [0.1, 0.15) is 68.5 Å². The molecule has 0 spiro atoms. The van der Waals surface area contributed by atoms with E-state index >= 15 is 0 Å². The van der Waals surface area contributed by atoms with E-state index in [0.717, 1.165) is 77.0 Å². The lowest BCUT2D eigenvalue weighted by Gasteiger charge is -2.21. The molecule has 52 heteroatoms. The SMILES string of the molecule is NC(=O)CC[C@H](NC(=O)COCCOCCNC(=O)COCCOCCNC(=O)COCCOCCNC(=O)COCCOCCNC(=O)CC[C@H](NC(=O)CC[C@H](NC(=O)CC[C@H](NC(=O)CC[C@H](NC(=O)CC[C@H](NC(=O)CC[C@H](NC(=O)CCCCCCCCCCCCCCCCC(=O)O)C(=O)O)C(=O)O)C(=O)O)C(=O)O)C(=O)O)C(=O)O)C(=O)C[C@@H](CS)C(=O)C[C@@H](CS)C(=O)O. The van der Waals surface area contributed by atoms with Crippen molar-refractivity contribution in [2.45, 2.75) is 248 Å². The standard InChI is InChI=1S/C85H140N12O38S2/c86-66(100)24-17-57(65(99)47-55(53-136)64(98)48-56(54-137)79(114)115)91-77(111)52-135-46-42-131-38-34-90-76(110)51-134-45-41-130-37-33-89-75(109)50-133-44-40-129-36-32-88-74(108)49-132-43-39-128-35-31-87-67(101)25-18-58(80(116)117)93-69(103)27-20-60(82(120)121)95-71(105)29-22-62(84(124)125)97-73(107)30-23-63(85(126)127)96-72(106)28-21-61(83(122)123)94-70(104)26-19-59(81(118)119)92-68(102)15-13-11-9-7-5-3-1-2-4-6-8-10-12-14-16-78(112)113/h55-63,136-137H,1-54H2,(H2,86,100)(H,87,101)(H,88,108)(H,89,109)(H,90,110)(H,91,111)(H,92,102)(H,93,103)(H,94,104)(H,95,105)(H,96,106)(H,97,107)(H,112,113)(H,114,115)(H,116,117)(H,118,119)(H,120,121)(H,122,123)(H,124,125)(H,126,127)/t55-,56-,57-,58-,59-,60-,61-,62-,63-/m0/s1. The van der Waals surface area contributed by atoms with Crippen molar-refractivity contribution in [3.8, 4) is 0 Å². The van der Waals surface area contributed by atoms with Gasteiger partial charge in [-0.25, -0.2) is 28.8 Å². The van der Waals surface area contributed by atoms with Crippen molar-refractivity contribution < 1.29 is 184 Å². The summed E-state index contributed by atoms with van der Waals surface area (Å²) in [4.78, 5) is 269. The van der Waals surface area contributed by atoms with Crippen molar-refractivity contribution in [1.82, 2.24) is 58.5 Å². The third kappa shape index (κ3) is 71.3. The molecular formula is C85H140N12O38S2. The molecule has 137 heavy (non-hydrogen) atoms. The summed E-state index contributed by atoms with van der Waals surface area (Å²) in [5.41, 5.74) is 5.23. The zero-order chi connectivity index (χ0) is 103. The average molecular weight is 2000 g/mol. The number of ether oxygens (including phenoxy) is 8. The summed E-state index contributed by atoms with van der Waals surface area (Å²) in [6.07, 6.45) is 5.72. The maximum Gasteiger partial charge on any atom is 0.326 e. The Morgan fingerprint density at radius 1 is 0.226 bits per heavy atom. The second kappa shape index (κ2) is 80.1. The van der Waals surface area contributed by atoms with E-state index in [4.69, 9.17) is 48.7 Å². The van der Waals surface area contributed by atoms with Crippen LogP contribution in [0.15, 0.2) is 0 Å². The van der Waals surface area contributed by atoms with Crippen molar-refractivity contribution in [3.05, 3.63) is 0 Å². The van der Waals surface area contributed by atoms with Crippen molar-refractivity contribution in [2.24, 2.45) is 17.6 Å². The monoisotopic (exact) mass is 2000 g/mol. The molecule has 0 bridgehead atoms. The number of ketones is 2. The number of carbonyl (C=O) groups excluding carboxylic acids is 14. The Bertz CT molecular complexity index is 3740. The Hall–Kier alpha value is -10.9. The van der Waals surface area contributed by atoms with Crippen LogP contribution in [0.2, 0.25) is 0 Å². The lowest BCUT2D eigenvalue weighted by Crippen LogP contribution is -2.46. The molecule has 0 fully saturated rings. The van der Waals surface area contributed by atoms with Crippen LogP contribution in [0.1, 0.15) is 205 Å². The molecule has 0 saturated heterocycles. The molecule has 0 aromatic carbocycles. The largest absolute Gasteiger partial charge is 0.481 e. The summed E-state index contributed by atoms with van der Waals surface area (Å²) in [6, 6.07) is -11.3. The second-order valence-corrected chi connectivity index (χ2v) is 32.2. The van der Waals surface area contributed by atoms with Gasteiger partial charge in [0.05, 0.1) is 91.2 Å². The first kappa shape index (κ1) is 126. The zero-order valence-electron chi connectivity index (χ0n) is 77.2. The summed E-state index contributed by atoms with van der Waals surface area (Å²) in [6.45, 7) is -0.151. The van der Waals surface area contributed by atoms with Crippen molar-refractivity contribution >= 4 is 155 Å². The fourth-order valence-corrected chi connectivity index (χ4v) is 13.1. The summed E-state index contributed by atoms with van der Waals surface area (Å²) < 4.78 is 42.6. The van der Waals surface area contributed by atoms with Crippen LogP contribution in [0, 0.1) is 11.8 Å². The predicted octanol–water partition coefficient (Wildman–Crippen LogP) is -2.15. The third-order valence-corrected chi connectivity index (χ3v) is 20.9. The van der Waals surface area contributed by atoms with Crippen LogP contribution in [0.4, 0.5) is 0 Å². The van der Waals surface area contributed by atoms with E-state index in [1.165, 1.54) is 0 Å². The Morgan fingerprint density at radius 3 is 0.715 bits per heavy atom. The minimum Gasteiger partial charge on any atom is -0.481 e. The van der Waals surface area contributed by atoms with Crippen LogP contribution in [0.5, 0.6) is 0 Å². The summed E-state index contributed by atoms with van der Waals surface area (Å²) >= 11 is 8.08. The lowest BCUT2D eigenvalue weighted by molar-refractivity contribution is -0.144.